The maximum absolute atomic E-state index is 12.6. The van der Waals surface area contributed by atoms with Crippen molar-refractivity contribution in [2.24, 2.45) is 0 Å². The number of carbonyl (C=O) groups is 1. The van der Waals surface area contributed by atoms with Crippen molar-refractivity contribution in [1.29, 1.82) is 0 Å². The van der Waals surface area contributed by atoms with E-state index in [0.29, 0.717) is 13.1 Å². The minimum absolute atomic E-state index is 0.0534. The van der Waals surface area contributed by atoms with Gasteiger partial charge in [0.15, 0.2) is 0 Å². The molecule has 2 amide bonds. The van der Waals surface area contributed by atoms with Gasteiger partial charge in [-0.3, -0.25) is 0 Å². The van der Waals surface area contributed by atoms with E-state index in [0.717, 1.165) is 43.4 Å². The molecular weight excluding hydrogens is 340 g/mol. The molecule has 2 aromatic rings. The second-order valence-electron chi connectivity index (χ2n) is 6.62. The van der Waals surface area contributed by atoms with Gasteiger partial charge in [0.1, 0.15) is 0 Å². The fraction of sp³-hybridized carbons (Fsp3) is 0.450. The van der Waals surface area contributed by atoms with Gasteiger partial charge >= 0.3 is 6.03 Å². The molecule has 0 bridgehead atoms. The van der Waals surface area contributed by atoms with E-state index in [1.807, 2.05) is 17.9 Å². The van der Waals surface area contributed by atoms with Crippen molar-refractivity contribution in [3.63, 3.8) is 0 Å². The highest BCUT2D eigenvalue weighted by Gasteiger charge is 2.22. The molecule has 7 nitrogen and oxygen atoms in total. The van der Waals surface area contributed by atoms with Gasteiger partial charge in [0.25, 0.3) is 0 Å². The number of nitrogens with one attached hydrogen (secondary N) is 1. The molecule has 0 radical (unpaired) electrons. The van der Waals surface area contributed by atoms with Crippen molar-refractivity contribution in [2.45, 2.75) is 20.8 Å². The Hall–Kier alpha value is -2.83. The van der Waals surface area contributed by atoms with Crippen LogP contribution in [0.15, 0.2) is 36.7 Å². The average molecular weight is 368 g/mol. The van der Waals surface area contributed by atoms with Crippen LogP contribution in [0.25, 0.3) is 0 Å². The van der Waals surface area contributed by atoms with E-state index in [1.165, 1.54) is 5.69 Å². The summed E-state index contributed by atoms with van der Waals surface area (Å²) in [5, 5.41) is 3.06. The molecule has 7 heteroatoms. The highest BCUT2D eigenvalue weighted by molar-refractivity contribution is 5.90. The Balaban J connectivity index is 1.58. The van der Waals surface area contributed by atoms with Crippen LogP contribution in [-0.2, 0) is 0 Å². The maximum atomic E-state index is 12.6. The largest absolute Gasteiger partial charge is 0.372 e. The zero-order valence-electron chi connectivity index (χ0n) is 16.4. The summed E-state index contributed by atoms with van der Waals surface area (Å²) in [4.78, 5) is 27.5. The monoisotopic (exact) mass is 368 g/mol. The van der Waals surface area contributed by atoms with Gasteiger partial charge in [0.2, 0.25) is 5.95 Å². The molecule has 1 saturated heterocycles. The number of urea groups is 1. The quantitative estimate of drug-likeness (QED) is 0.879. The summed E-state index contributed by atoms with van der Waals surface area (Å²) in [6.45, 7) is 11.0. The average Bonchev–Trinajstić information content (AvgIpc) is 2.71. The van der Waals surface area contributed by atoms with Crippen molar-refractivity contribution in [1.82, 2.24) is 14.9 Å². The van der Waals surface area contributed by atoms with E-state index in [2.05, 4.69) is 51.1 Å². The van der Waals surface area contributed by atoms with E-state index < -0.39 is 0 Å². The number of hydrogen-bond acceptors (Lipinski definition) is 5. The zero-order valence-corrected chi connectivity index (χ0v) is 16.4. The Morgan fingerprint density at radius 3 is 2.37 bits per heavy atom. The van der Waals surface area contributed by atoms with Gasteiger partial charge in [-0.1, -0.05) is 0 Å². The predicted octanol–water partition coefficient (Wildman–Crippen LogP) is 2.99. The number of aromatic nitrogens is 2. The van der Waals surface area contributed by atoms with Crippen LogP contribution >= 0.6 is 0 Å². The van der Waals surface area contributed by atoms with E-state index in [9.17, 15) is 4.79 Å². The number of hydrogen-bond donors (Lipinski definition) is 1. The summed E-state index contributed by atoms with van der Waals surface area (Å²) in [5.41, 5.74) is 3.13. The van der Waals surface area contributed by atoms with Crippen molar-refractivity contribution in [3.05, 3.63) is 42.2 Å². The summed E-state index contributed by atoms with van der Waals surface area (Å²) >= 11 is 0. The minimum atomic E-state index is -0.0534. The third-order valence-corrected chi connectivity index (χ3v) is 4.98. The van der Waals surface area contributed by atoms with Crippen LogP contribution in [0.5, 0.6) is 0 Å². The van der Waals surface area contributed by atoms with Gasteiger partial charge in [0, 0.05) is 63.0 Å². The smallest absolute Gasteiger partial charge is 0.321 e. The number of amides is 2. The molecule has 2 heterocycles. The first-order valence-electron chi connectivity index (χ1n) is 9.55. The van der Waals surface area contributed by atoms with Crippen LogP contribution in [-0.4, -0.2) is 60.2 Å². The molecule has 1 aromatic carbocycles. The van der Waals surface area contributed by atoms with Crippen molar-refractivity contribution in [2.75, 3.05) is 54.4 Å². The van der Waals surface area contributed by atoms with Gasteiger partial charge < -0.3 is 20.0 Å². The Kier molecular flexibility index (Phi) is 6.11. The molecule has 1 fully saturated rings. The lowest BCUT2D eigenvalue weighted by atomic mass is 10.1. The normalized spacial score (nSPS) is 14.2. The second kappa shape index (κ2) is 8.70. The molecule has 0 unspecified atom stereocenters. The van der Waals surface area contributed by atoms with E-state index in [-0.39, 0.29) is 6.03 Å². The van der Waals surface area contributed by atoms with Crippen LogP contribution in [0.1, 0.15) is 19.4 Å². The van der Waals surface area contributed by atoms with Crippen molar-refractivity contribution < 1.29 is 4.79 Å². The predicted molar refractivity (Wildman–Crippen MR) is 110 cm³/mol. The van der Waals surface area contributed by atoms with E-state index >= 15 is 0 Å². The van der Waals surface area contributed by atoms with Crippen LogP contribution in [0.4, 0.5) is 22.1 Å². The van der Waals surface area contributed by atoms with Gasteiger partial charge in [-0.2, -0.15) is 0 Å². The first kappa shape index (κ1) is 18.9. The van der Waals surface area contributed by atoms with Gasteiger partial charge in [0.05, 0.1) is 0 Å². The van der Waals surface area contributed by atoms with Crippen LogP contribution in [0.2, 0.25) is 0 Å². The molecule has 27 heavy (non-hydrogen) atoms. The molecule has 1 aromatic heterocycles. The van der Waals surface area contributed by atoms with E-state index in [4.69, 9.17) is 0 Å². The Morgan fingerprint density at radius 2 is 1.78 bits per heavy atom. The molecule has 0 spiro atoms. The summed E-state index contributed by atoms with van der Waals surface area (Å²) in [6.07, 6.45) is 3.48. The lowest BCUT2D eigenvalue weighted by molar-refractivity contribution is 0.208. The topological polar surface area (TPSA) is 64.6 Å². The van der Waals surface area contributed by atoms with Crippen LogP contribution in [0, 0.1) is 6.92 Å². The minimum Gasteiger partial charge on any atom is -0.372 e. The third kappa shape index (κ3) is 4.48. The van der Waals surface area contributed by atoms with Crippen molar-refractivity contribution in [3.8, 4) is 0 Å². The molecule has 0 saturated carbocycles. The maximum Gasteiger partial charge on any atom is 0.321 e. The number of piperazine rings is 1. The number of rotatable bonds is 5. The summed E-state index contributed by atoms with van der Waals surface area (Å²) in [6, 6.07) is 7.95. The first-order chi connectivity index (χ1) is 13.1. The van der Waals surface area contributed by atoms with Crippen LogP contribution in [0.3, 0.4) is 0 Å². The molecule has 1 N–H and O–H groups in total. The number of aryl methyl sites for hydroxylation is 1. The van der Waals surface area contributed by atoms with Gasteiger partial charge in [-0.25, -0.2) is 14.8 Å². The standard InChI is InChI=1S/C20H28N6O/c1-4-24(5-2)17-7-8-18(16(3)15-17)23-20(27)26-13-11-25(12-14-26)19-21-9-6-10-22-19/h6-10,15H,4-5,11-14H2,1-3H3,(H,23,27). The lowest BCUT2D eigenvalue weighted by Crippen LogP contribution is -2.50. The fourth-order valence-corrected chi connectivity index (χ4v) is 3.33. The number of nitrogens with zero attached hydrogens (tertiary/aromatic N) is 5. The SMILES string of the molecule is CCN(CC)c1ccc(NC(=O)N2CCN(c3ncccn3)CC2)c(C)c1. The lowest BCUT2D eigenvalue weighted by Gasteiger charge is -2.34. The zero-order chi connectivity index (χ0) is 19.2. The highest BCUT2D eigenvalue weighted by Crippen LogP contribution is 2.23. The van der Waals surface area contributed by atoms with Gasteiger partial charge in [-0.15, -0.1) is 0 Å². The van der Waals surface area contributed by atoms with Crippen molar-refractivity contribution >= 4 is 23.4 Å². The Morgan fingerprint density at radius 1 is 1.11 bits per heavy atom. The third-order valence-electron chi connectivity index (χ3n) is 4.98. The van der Waals surface area contributed by atoms with E-state index in [1.54, 1.807) is 18.5 Å². The summed E-state index contributed by atoms with van der Waals surface area (Å²) in [7, 11) is 0. The summed E-state index contributed by atoms with van der Waals surface area (Å²) in [5.74, 6) is 0.723. The highest BCUT2D eigenvalue weighted by atomic mass is 16.2. The first-order valence-corrected chi connectivity index (χ1v) is 9.55. The number of carbonyl (C=O) groups excluding carboxylic acids is 1. The Bertz CT molecular complexity index is 754. The molecule has 1 aliphatic heterocycles. The number of anilines is 3. The Labute approximate surface area is 161 Å². The molecule has 3 rings (SSSR count). The molecule has 1 aliphatic rings. The molecular formula is C20H28N6O. The number of benzene rings is 1. The van der Waals surface area contributed by atoms with Crippen LogP contribution < -0.4 is 15.1 Å². The molecule has 0 atom stereocenters. The van der Waals surface area contributed by atoms with Gasteiger partial charge in [-0.05, 0) is 50.6 Å². The fourth-order valence-electron chi connectivity index (χ4n) is 3.33. The second-order valence-corrected chi connectivity index (χ2v) is 6.62. The molecule has 144 valence electrons. The summed E-state index contributed by atoms with van der Waals surface area (Å²) < 4.78 is 0. The molecule has 0 aliphatic carbocycles.